The zero-order chi connectivity index (χ0) is 27.6. The normalized spacial score (nSPS) is 20.2. The molecule has 2 saturated heterocycles. The van der Waals surface area contributed by atoms with Crippen LogP contribution in [0.4, 0.5) is 20.8 Å². The predicted octanol–water partition coefficient (Wildman–Crippen LogP) is 3.51. The van der Waals surface area contributed by atoms with E-state index in [1.165, 1.54) is 12.3 Å². The van der Waals surface area contributed by atoms with Crippen molar-refractivity contribution in [1.82, 2.24) is 29.6 Å². The highest BCUT2D eigenvalue weighted by Gasteiger charge is 2.29. The van der Waals surface area contributed by atoms with Crippen molar-refractivity contribution in [3.63, 3.8) is 0 Å². The number of piperidine rings is 1. The fourth-order valence-corrected chi connectivity index (χ4v) is 4.95. The summed E-state index contributed by atoms with van der Waals surface area (Å²) >= 11 is 0. The van der Waals surface area contributed by atoms with Gasteiger partial charge in [0.1, 0.15) is 40.6 Å². The van der Waals surface area contributed by atoms with Gasteiger partial charge >= 0.3 is 6.09 Å². The second kappa shape index (κ2) is 11.3. The number of ether oxygens (including phenoxy) is 2. The second-order valence-corrected chi connectivity index (χ2v) is 10.9. The molecule has 2 aliphatic rings. The van der Waals surface area contributed by atoms with Gasteiger partial charge in [0.2, 0.25) is 0 Å². The first-order valence-corrected chi connectivity index (χ1v) is 13.6. The number of carbonyl (C=O) groups excluding carboxylic acids is 1. The predicted molar refractivity (Wildman–Crippen MR) is 146 cm³/mol. The fraction of sp³-hybridized carbons (Fsp3) is 0.556. The van der Waals surface area contributed by atoms with Crippen molar-refractivity contribution in [2.24, 2.45) is 0 Å². The lowest BCUT2D eigenvalue weighted by Gasteiger charge is -2.36. The number of nitrogens with one attached hydrogen (secondary N) is 2. The quantitative estimate of drug-likeness (QED) is 0.485. The molecule has 0 spiro atoms. The monoisotopic (exact) mass is 540 g/mol. The van der Waals surface area contributed by atoms with Gasteiger partial charge in [-0.15, -0.1) is 0 Å². The van der Waals surface area contributed by atoms with E-state index in [9.17, 15) is 9.18 Å². The maximum absolute atomic E-state index is 14.1. The van der Waals surface area contributed by atoms with Crippen LogP contribution in [0.15, 0.2) is 30.6 Å². The number of halogens is 1. The highest BCUT2D eigenvalue weighted by Crippen LogP contribution is 2.27. The van der Waals surface area contributed by atoms with Gasteiger partial charge in [0.15, 0.2) is 5.82 Å². The van der Waals surface area contributed by atoms with E-state index in [1.807, 2.05) is 26.8 Å². The number of amides is 1. The van der Waals surface area contributed by atoms with Crippen LogP contribution < -0.4 is 15.5 Å². The summed E-state index contributed by atoms with van der Waals surface area (Å²) in [5.74, 6) is 1.33. The van der Waals surface area contributed by atoms with Gasteiger partial charge in [-0.25, -0.2) is 24.1 Å². The number of imidazole rings is 1. The molecule has 2 unspecified atom stereocenters. The standard InChI is InChI=1S/C27H37FN8O3/c1-5-35(24-15-29-10-12-38-24)23-13-21(31-19-7-6-11-34(17-19)26(37)39-27(2,3)4)32-25(33-23)20-14-30-22-9-8-18(28)16-36(20)22/h8-9,13-14,16,19,24,29H,5-7,10-12,15,17H2,1-4H3,(H,31,32,33). The van der Waals surface area contributed by atoms with Crippen molar-refractivity contribution in [3.05, 3.63) is 36.4 Å². The van der Waals surface area contributed by atoms with Crippen molar-refractivity contribution in [3.8, 4) is 11.5 Å². The maximum Gasteiger partial charge on any atom is 0.410 e. The first-order valence-electron chi connectivity index (χ1n) is 13.6. The molecule has 1 amide bonds. The molecule has 3 aromatic heterocycles. The Hall–Kier alpha value is -3.51. The maximum atomic E-state index is 14.1. The van der Waals surface area contributed by atoms with E-state index in [4.69, 9.17) is 19.4 Å². The molecule has 3 aromatic rings. The van der Waals surface area contributed by atoms with Crippen molar-refractivity contribution in [2.45, 2.75) is 58.4 Å². The molecule has 0 radical (unpaired) electrons. The number of rotatable bonds is 6. The van der Waals surface area contributed by atoms with E-state index in [-0.39, 0.29) is 24.2 Å². The number of aromatic nitrogens is 4. The van der Waals surface area contributed by atoms with Crippen LogP contribution in [0, 0.1) is 5.82 Å². The summed E-state index contributed by atoms with van der Waals surface area (Å²) in [5, 5.41) is 6.90. The molecule has 2 atom stereocenters. The molecule has 12 heteroatoms. The van der Waals surface area contributed by atoms with E-state index in [2.05, 4.69) is 27.4 Å². The van der Waals surface area contributed by atoms with Crippen molar-refractivity contribution >= 4 is 23.4 Å². The Morgan fingerprint density at radius 1 is 1.33 bits per heavy atom. The van der Waals surface area contributed by atoms with Crippen molar-refractivity contribution < 1.29 is 18.7 Å². The highest BCUT2D eigenvalue weighted by molar-refractivity contribution is 5.68. The summed E-state index contributed by atoms with van der Waals surface area (Å²) in [6.45, 7) is 11.6. The SMILES string of the molecule is CCN(c1cc(NC2CCCN(C(=O)OC(C)(C)C)C2)nc(-c2cnc3ccc(F)cn23)n1)C1CNCCO1. The number of anilines is 2. The number of nitrogens with zero attached hydrogens (tertiary/aromatic N) is 6. The Labute approximate surface area is 227 Å². The summed E-state index contributed by atoms with van der Waals surface area (Å²) in [4.78, 5) is 30.6. The number of fused-ring (bicyclic) bond motifs is 1. The van der Waals surface area contributed by atoms with E-state index in [0.717, 1.165) is 19.4 Å². The van der Waals surface area contributed by atoms with Gasteiger partial charge in [0.05, 0.1) is 12.8 Å². The summed E-state index contributed by atoms with van der Waals surface area (Å²) in [7, 11) is 0. The third-order valence-electron chi connectivity index (χ3n) is 6.73. The lowest BCUT2D eigenvalue weighted by atomic mass is 10.1. The second-order valence-electron chi connectivity index (χ2n) is 10.9. The number of pyridine rings is 1. The average molecular weight is 541 g/mol. The first kappa shape index (κ1) is 27.1. The molecule has 210 valence electrons. The summed E-state index contributed by atoms with van der Waals surface area (Å²) in [6.07, 6.45) is 4.25. The van der Waals surface area contributed by atoms with E-state index < -0.39 is 5.60 Å². The van der Waals surface area contributed by atoms with Crippen molar-refractivity contribution in [2.75, 3.05) is 49.5 Å². The number of carbonyl (C=O) groups is 1. The van der Waals surface area contributed by atoms with Gasteiger partial charge < -0.3 is 29.9 Å². The van der Waals surface area contributed by atoms with Crippen LogP contribution in [0.25, 0.3) is 17.2 Å². The minimum Gasteiger partial charge on any atom is -0.444 e. The Balaban J connectivity index is 1.47. The number of likely N-dealkylation sites (N-methyl/N-ethyl adjacent to an activating group) is 1. The fourth-order valence-electron chi connectivity index (χ4n) is 4.95. The molecule has 5 heterocycles. The average Bonchev–Trinajstić information content (AvgIpc) is 3.32. The molecule has 0 aromatic carbocycles. The summed E-state index contributed by atoms with van der Waals surface area (Å²) in [5.41, 5.74) is 0.621. The molecule has 11 nitrogen and oxygen atoms in total. The summed E-state index contributed by atoms with van der Waals surface area (Å²) < 4.78 is 27.4. The van der Waals surface area contributed by atoms with Gasteiger partial charge in [-0.2, -0.15) is 0 Å². The lowest BCUT2D eigenvalue weighted by Crippen LogP contribution is -2.49. The Bertz CT molecular complexity index is 1300. The topological polar surface area (TPSA) is 109 Å². The molecule has 2 aliphatic heterocycles. The van der Waals surface area contributed by atoms with Crippen LogP contribution in [0.1, 0.15) is 40.5 Å². The Kier molecular flexibility index (Phi) is 7.85. The molecule has 0 aliphatic carbocycles. The molecule has 5 rings (SSSR count). The molecule has 0 saturated carbocycles. The number of likely N-dealkylation sites (tertiary alicyclic amines) is 1. The van der Waals surface area contributed by atoms with Crippen LogP contribution in [0.2, 0.25) is 0 Å². The minimum atomic E-state index is -0.555. The van der Waals surface area contributed by atoms with Gasteiger partial charge in [0.25, 0.3) is 0 Å². The van der Waals surface area contributed by atoms with E-state index in [1.54, 1.807) is 21.6 Å². The van der Waals surface area contributed by atoms with Crippen LogP contribution in [0.5, 0.6) is 0 Å². The third-order valence-corrected chi connectivity index (χ3v) is 6.73. The number of morpholine rings is 1. The number of hydrogen-bond acceptors (Lipinski definition) is 9. The number of hydrogen-bond donors (Lipinski definition) is 2. The zero-order valence-electron chi connectivity index (χ0n) is 23.0. The van der Waals surface area contributed by atoms with Crippen LogP contribution in [-0.4, -0.2) is 87.5 Å². The molecule has 2 N–H and O–H groups in total. The molecule has 2 fully saturated rings. The first-order chi connectivity index (χ1) is 18.7. The smallest absolute Gasteiger partial charge is 0.410 e. The third kappa shape index (κ3) is 6.39. The largest absolute Gasteiger partial charge is 0.444 e. The lowest BCUT2D eigenvalue weighted by molar-refractivity contribution is 0.0206. The molecular formula is C27H37FN8O3. The highest BCUT2D eigenvalue weighted by atomic mass is 19.1. The molecule has 0 bridgehead atoms. The van der Waals surface area contributed by atoms with Crippen LogP contribution >= 0.6 is 0 Å². The van der Waals surface area contributed by atoms with Gasteiger partial charge in [-0.1, -0.05) is 0 Å². The van der Waals surface area contributed by atoms with Crippen LogP contribution in [-0.2, 0) is 9.47 Å². The zero-order valence-corrected chi connectivity index (χ0v) is 23.0. The van der Waals surface area contributed by atoms with Crippen LogP contribution in [0.3, 0.4) is 0 Å². The molecule has 39 heavy (non-hydrogen) atoms. The van der Waals surface area contributed by atoms with Crippen molar-refractivity contribution in [1.29, 1.82) is 0 Å². The molecular weight excluding hydrogens is 503 g/mol. The van der Waals surface area contributed by atoms with Gasteiger partial charge in [-0.3, -0.25) is 4.40 Å². The van der Waals surface area contributed by atoms with Gasteiger partial charge in [0, 0.05) is 51.0 Å². The van der Waals surface area contributed by atoms with E-state index in [0.29, 0.717) is 61.6 Å². The minimum absolute atomic E-state index is 0.0239. The Morgan fingerprint density at radius 2 is 2.18 bits per heavy atom. The Morgan fingerprint density at radius 3 is 2.92 bits per heavy atom. The van der Waals surface area contributed by atoms with Gasteiger partial charge in [-0.05, 0) is 52.7 Å². The van der Waals surface area contributed by atoms with E-state index >= 15 is 0 Å². The summed E-state index contributed by atoms with van der Waals surface area (Å²) in [6, 6.07) is 4.88.